The smallest absolute Gasteiger partial charge is 0.336 e. The number of esters is 1. The van der Waals surface area contributed by atoms with Crippen LogP contribution in [0.1, 0.15) is 32.3 Å². The minimum absolute atomic E-state index is 0.133. The maximum absolute atomic E-state index is 12.9. The Labute approximate surface area is 170 Å². The lowest BCUT2D eigenvalue weighted by Gasteiger charge is -2.32. The van der Waals surface area contributed by atoms with Gasteiger partial charge in [-0.1, -0.05) is 29.8 Å². The third kappa shape index (κ3) is 5.01. The number of Topliss-reactive ketones (excluding diaryl/α,β-unsaturated/α-hetero) is 1. The fraction of sp³-hybridized carbons (Fsp3) is 0.429. The zero-order valence-corrected chi connectivity index (χ0v) is 17.5. The van der Waals surface area contributed by atoms with Gasteiger partial charge >= 0.3 is 5.97 Å². The maximum Gasteiger partial charge on any atom is 0.336 e. The van der Waals surface area contributed by atoms with Crippen molar-refractivity contribution in [2.45, 2.75) is 26.7 Å². The molecule has 1 heterocycles. The number of benzene rings is 1. The molecule has 0 unspecified atom stereocenters. The van der Waals surface area contributed by atoms with Gasteiger partial charge in [-0.05, 0) is 39.4 Å². The molecule has 0 aromatic heterocycles. The topological polar surface area (TPSA) is 76.7 Å². The summed E-state index contributed by atoms with van der Waals surface area (Å²) >= 11 is 6.45. The molecular weight excluding hydrogens is 380 g/mol. The first-order valence-electron chi connectivity index (χ1n) is 9.27. The van der Waals surface area contributed by atoms with Crippen molar-refractivity contribution in [2.24, 2.45) is 0 Å². The lowest BCUT2D eigenvalue weighted by molar-refractivity contribution is -0.138. The summed E-state index contributed by atoms with van der Waals surface area (Å²) in [6, 6.07) is 7.22. The van der Waals surface area contributed by atoms with E-state index in [1.807, 2.05) is 32.2 Å². The number of dihydropyridines is 1. The Bertz CT molecular complexity index is 801. The number of nitrogens with one attached hydrogen (secondary N) is 2. The van der Waals surface area contributed by atoms with Crippen molar-refractivity contribution in [3.05, 3.63) is 57.4 Å². The summed E-state index contributed by atoms with van der Waals surface area (Å²) in [6.07, 6.45) is 0. The molecule has 0 fully saturated rings. The molecule has 152 valence electrons. The molecular formula is C21H27ClN2O4. The van der Waals surface area contributed by atoms with Crippen LogP contribution in [0.15, 0.2) is 46.8 Å². The van der Waals surface area contributed by atoms with Crippen LogP contribution >= 0.6 is 11.6 Å². The second kappa shape index (κ2) is 10.4. The van der Waals surface area contributed by atoms with Crippen molar-refractivity contribution < 1.29 is 19.1 Å². The molecule has 2 N–H and O–H groups in total. The molecule has 7 heteroatoms. The Kier molecular flexibility index (Phi) is 8.23. The van der Waals surface area contributed by atoms with Gasteiger partial charge in [0.15, 0.2) is 5.78 Å². The Morgan fingerprint density at radius 2 is 1.96 bits per heavy atom. The largest absolute Gasteiger partial charge is 0.463 e. The Morgan fingerprint density at radius 3 is 2.57 bits per heavy atom. The number of rotatable bonds is 9. The fourth-order valence-electron chi connectivity index (χ4n) is 3.30. The quantitative estimate of drug-likeness (QED) is 0.485. The number of likely N-dealkylation sites (N-methyl/N-ethyl adjacent to an activating group) is 1. The first-order chi connectivity index (χ1) is 13.4. The number of hydrogen-bond donors (Lipinski definition) is 2. The molecule has 28 heavy (non-hydrogen) atoms. The van der Waals surface area contributed by atoms with Gasteiger partial charge in [0.25, 0.3) is 0 Å². The second-order valence-electron chi connectivity index (χ2n) is 6.44. The van der Waals surface area contributed by atoms with Crippen LogP contribution in [0.3, 0.4) is 0 Å². The van der Waals surface area contributed by atoms with Gasteiger partial charge in [-0.15, -0.1) is 0 Å². The van der Waals surface area contributed by atoms with E-state index >= 15 is 0 Å². The lowest BCUT2D eigenvalue weighted by Crippen LogP contribution is -2.34. The van der Waals surface area contributed by atoms with Gasteiger partial charge in [-0.3, -0.25) is 4.79 Å². The normalized spacial score (nSPS) is 16.8. The molecule has 0 saturated heterocycles. The summed E-state index contributed by atoms with van der Waals surface area (Å²) in [5.74, 6) is -1.24. The summed E-state index contributed by atoms with van der Waals surface area (Å²) in [7, 11) is 1.84. The van der Waals surface area contributed by atoms with Crippen LogP contribution in [-0.4, -0.2) is 45.2 Å². The van der Waals surface area contributed by atoms with Crippen molar-refractivity contribution in [2.75, 3.05) is 33.4 Å². The van der Waals surface area contributed by atoms with E-state index in [0.717, 1.165) is 0 Å². The maximum atomic E-state index is 12.9. The lowest BCUT2D eigenvalue weighted by atomic mass is 9.79. The molecule has 0 amide bonds. The summed E-state index contributed by atoms with van der Waals surface area (Å²) in [5.41, 5.74) is 2.80. The number of carbonyl (C=O) groups excluding carboxylic acids is 2. The van der Waals surface area contributed by atoms with Crippen LogP contribution in [0.2, 0.25) is 5.02 Å². The average Bonchev–Trinajstić information content (AvgIpc) is 2.65. The molecule has 0 spiro atoms. The minimum atomic E-state index is -0.616. The predicted octanol–water partition coefficient (Wildman–Crippen LogP) is 2.94. The number of ether oxygens (including phenoxy) is 2. The van der Waals surface area contributed by atoms with Gasteiger partial charge in [0, 0.05) is 28.8 Å². The van der Waals surface area contributed by atoms with Crippen molar-refractivity contribution in [1.29, 1.82) is 0 Å². The SMILES string of the molecule is CCOC(=O)C1=C(COCCNC)NC(C)=C(C(C)=O)[C@@H]1c1ccccc1Cl. The highest BCUT2D eigenvalue weighted by molar-refractivity contribution is 6.31. The first-order valence-corrected chi connectivity index (χ1v) is 9.65. The highest BCUT2D eigenvalue weighted by Crippen LogP contribution is 2.41. The van der Waals surface area contributed by atoms with Crippen LogP contribution < -0.4 is 10.6 Å². The molecule has 1 aliphatic rings. The van der Waals surface area contributed by atoms with Gasteiger partial charge in [0.1, 0.15) is 0 Å². The van der Waals surface area contributed by atoms with Crippen LogP contribution in [0, 0.1) is 0 Å². The molecule has 1 aromatic carbocycles. The van der Waals surface area contributed by atoms with Crippen molar-refractivity contribution in [3.63, 3.8) is 0 Å². The van der Waals surface area contributed by atoms with E-state index in [1.54, 1.807) is 13.0 Å². The summed E-state index contributed by atoms with van der Waals surface area (Å²) in [4.78, 5) is 25.4. The standard InChI is InChI=1S/C21H27ClN2O4/c1-5-28-21(26)20-17(12-27-11-10-23-4)24-13(2)18(14(3)25)19(20)15-8-6-7-9-16(15)22/h6-9,19,23-24H,5,10-12H2,1-4H3/t19-/m0/s1. The predicted molar refractivity (Wildman–Crippen MR) is 109 cm³/mol. The molecule has 0 bridgehead atoms. The van der Waals surface area contributed by atoms with E-state index in [-0.39, 0.29) is 19.0 Å². The van der Waals surface area contributed by atoms with Gasteiger partial charge in [-0.2, -0.15) is 0 Å². The third-order valence-corrected chi connectivity index (χ3v) is 4.82. The first kappa shape index (κ1) is 22.1. The van der Waals surface area contributed by atoms with E-state index in [1.165, 1.54) is 6.92 Å². The van der Waals surface area contributed by atoms with E-state index < -0.39 is 11.9 Å². The summed E-state index contributed by atoms with van der Waals surface area (Å²) in [6.45, 7) is 6.64. The highest BCUT2D eigenvalue weighted by Gasteiger charge is 2.37. The molecule has 1 aromatic rings. The Morgan fingerprint density at radius 1 is 1.25 bits per heavy atom. The number of allylic oxidation sites excluding steroid dienone is 2. The highest BCUT2D eigenvalue weighted by atomic mass is 35.5. The van der Waals surface area contributed by atoms with Gasteiger partial charge in [-0.25, -0.2) is 4.79 Å². The molecule has 1 aliphatic heterocycles. The van der Waals surface area contributed by atoms with Crippen molar-refractivity contribution in [3.8, 4) is 0 Å². The van der Waals surface area contributed by atoms with Crippen LogP contribution in [-0.2, 0) is 19.1 Å². The van der Waals surface area contributed by atoms with Gasteiger partial charge in [0.2, 0.25) is 0 Å². The number of halogens is 1. The van der Waals surface area contributed by atoms with E-state index in [9.17, 15) is 9.59 Å². The zero-order valence-electron chi connectivity index (χ0n) is 16.7. The molecule has 2 rings (SSSR count). The van der Waals surface area contributed by atoms with E-state index in [0.29, 0.717) is 46.3 Å². The van der Waals surface area contributed by atoms with Crippen LogP contribution in [0.5, 0.6) is 0 Å². The van der Waals surface area contributed by atoms with Gasteiger partial charge in [0.05, 0.1) is 31.1 Å². The van der Waals surface area contributed by atoms with E-state index in [4.69, 9.17) is 21.1 Å². The molecule has 6 nitrogen and oxygen atoms in total. The number of ketones is 1. The number of hydrogen-bond acceptors (Lipinski definition) is 6. The Balaban J connectivity index is 2.59. The fourth-order valence-corrected chi connectivity index (χ4v) is 3.54. The zero-order chi connectivity index (χ0) is 20.7. The van der Waals surface area contributed by atoms with Crippen LogP contribution in [0.25, 0.3) is 0 Å². The van der Waals surface area contributed by atoms with Gasteiger partial charge < -0.3 is 20.1 Å². The molecule has 1 atom stereocenters. The van der Waals surface area contributed by atoms with E-state index in [2.05, 4.69) is 10.6 Å². The molecule has 0 radical (unpaired) electrons. The molecule has 0 saturated carbocycles. The van der Waals surface area contributed by atoms with Crippen molar-refractivity contribution >= 4 is 23.4 Å². The average molecular weight is 407 g/mol. The van der Waals surface area contributed by atoms with Crippen LogP contribution in [0.4, 0.5) is 0 Å². The number of carbonyl (C=O) groups is 2. The van der Waals surface area contributed by atoms with Crippen molar-refractivity contribution in [1.82, 2.24) is 10.6 Å². The summed E-state index contributed by atoms with van der Waals surface area (Å²) < 4.78 is 11.0. The Hall–Kier alpha value is -2.15. The minimum Gasteiger partial charge on any atom is -0.463 e. The second-order valence-corrected chi connectivity index (χ2v) is 6.85. The monoisotopic (exact) mass is 406 g/mol. The molecule has 0 aliphatic carbocycles. The third-order valence-electron chi connectivity index (χ3n) is 4.48. The summed E-state index contributed by atoms with van der Waals surface area (Å²) in [5, 5.41) is 6.67.